The smallest absolute Gasteiger partial charge is 0.238 e. The normalized spacial score (nSPS) is 17.9. The van der Waals surface area contributed by atoms with E-state index in [4.69, 9.17) is 5.14 Å². The molecule has 0 bridgehead atoms. The second-order valence-corrected chi connectivity index (χ2v) is 7.11. The number of hydrogen-bond acceptors (Lipinski definition) is 4. The van der Waals surface area contributed by atoms with E-state index in [0.717, 1.165) is 32.0 Å². The summed E-state index contributed by atoms with van der Waals surface area (Å²) in [6, 6.07) is 3.82. The number of rotatable bonds is 3. The largest absolute Gasteiger partial charge is 0.317 e. The molecule has 1 heterocycles. The van der Waals surface area contributed by atoms with E-state index >= 15 is 0 Å². The molecule has 2 rings (SSSR count). The summed E-state index contributed by atoms with van der Waals surface area (Å²) in [5.41, 5.74) is 0. The van der Waals surface area contributed by atoms with Gasteiger partial charge in [0.15, 0.2) is 0 Å². The van der Waals surface area contributed by atoms with E-state index in [1.807, 2.05) is 0 Å². The van der Waals surface area contributed by atoms with Gasteiger partial charge in [0.25, 0.3) is 0 Å². The van der Waals surface area contributed by atoms with Crippen LogP contribution in [0.25, 0.3) is 0 Å². The molecule has 0 spiro atoms. The Bertz CT molecular complexity index is 528. The van der Waals surface area contributed by atoms with Crippen molar-refractivity contribution in [1.29, 1.82) is 0 Å². The van der Waals surface area contributed by atoms with E-state index in [-0.39, 0.29) is 4.90 Å². The Balaban J connectivity index is 2.14. The van der Waals surface area contributed by atoms with E-state index in [9.17, 15) is 12.8 Å². The first-order chi connectivity index (χ1) is 8.47. The Labute approximate surface area is 110 Å². The van der Waals surface area contributed by atoms with Gasteiger partial charge in [-0.25, -0.2) is 17.9 Å². The highest BCUT2D eigenvalue weighted by molar-refractivity contribution is 8.00. The summed E-state index contributed by atoms with van der Waals surface area (Å²) in [6.45, 7) is 1.88. The third-order valence-electron chi connectivity index (χ3n) is 2.81. The number of hydrogen-bond donors (Lipinski definition) is 2. The van der Waals surface area contributed by atoms with E-state index in [1.165, 1.54) is 23.9 Å². The topological polar surface area (TPSA) is 72.2 Å². The zero-order valence-corrected chi connectivity index (χ0v) is 11.4. The van der Waals surface area contributed by atoms with Crippen LogP contribution in [0.4, 0.5) is 4.39 Å². The molecule has 7 heteroatoms. The van der Waals surface area contributed by atoms with Gasteiger partial charge in [0.2, 0.25) is 10.0 Å². The van der Waals surface area contributed by atoms with Crippen LogP contribution in [-0.4, -0.2) is 26.8 Å². The Morgan fingerprint density at radius 2 is 2.00 bits per heavy atom. The zero-order valence-electron chi connectivity index (χ0n) is 9.73. The van der Waals surface area contributed by atoms with Gasteiger partial charge in [0, 0.05) is 10.1 Å². The van der Waals surface area contributed by atoms with Gasteiger partial charge in [-0.3, -0.25) is 0 Å². The molecule has 0 radical (unpaired) electrons. The van der Waals surface area contributed by atoms with E-state index in [2.05, 4.69) is 5.32 Å². The van der Waals surface area contributed by atoms with Crippen LogP contribution in [0.2, 0.25) is 0 Å². The lowest BCUT2D eigenvalue weighted by molar-refractivity contribution is 0.530. The predicted octanol–water partition coefficient (Wildman–Crippen LogP) is 1.32. The summed E-state index contributed by atoms with van der Waals surface area (Å²) in [5, 5.41) is 8.57. The number of nitrogens with one attached hydrogen (secondary N) is 1. The minimum Gasteiger partial charge on any atom is -0.317 e. The number of nitrogens with two attached hydrogens (primary N) is 1. The Kier molecular flexibility index (Phi) is 4.26. The molecule has 4 nitrogen and oxygen atoms in total. The molecule has 0 unspecified atom stereocenters. The van der Waals surface area contributed by atoms with Crippen molar-refractivity contribution >= 4 is 21.8 Å². The van der Waals surface area contributed by atoms with Crippen molar-refractivity contribution in [2.75, 3.05) is 13.1 Å². The van der Waals surface area contributed by atoms with Crippen molar-refractivity contribution in [3.63, 3.8) is 0 Å². The molecule has 1 aromatic carbocycles. The average molecular weight is 290 g/mol. The number of thioether (sulfide) groups is 1. The molecule has 100 valence electrons. The summed E-state index contributed by atoms with van der Waals surface area (Å²) in [6.07, 6.45) is 1.97. The Morgan fingerprint density at radius 1 is 1.33 bits per heavy atom. The molecule has 1 aliphatic heterocycles. The molecule has 0 amide bonds. The third kappa shape index (κ3) is 3.44. The SMILES string of the molecule is NS(=O)(=O)c1ccc(SC2CCNCC2)c(F)c1. The van der Waals surface area contributed by atoms with Crippen LogP contribution >= 0.6 is 11.8 Å². The van der Waals surface area contributed by atoms with Crippen molar-refractivity contribution in [2.45, 2.75) is 27.9 Å². The van der Waals surface area contributed by atoms with E-state index in [1.54, 1.807) is 0 Å². The van der Waals surface area contributed by atoms with E-state index in [0.29, 0.717) is 10.1 Å². The first-order valence-electron chi connectivity index (χ1n) is 5.66. The molecule has 1 aliphatic rings. The van der Waals surface area contributed by atoms with Gasteiger partial charge in [-0.05, 0) is 44.1 Å². The lowest BCUT2D eigenvalue weighted by atomic mass is 10.2. The zero-order chi connectivity index (χ0) is 13.2. The van der Waals surface area contributed by atoms with E-state index < -0.39 is 15.8 Å². The first kappa shape index (κ1) is 13.8. The van der Waals surface area contributed by atoms with Crippen molar-refractivity contribution in [3.8, 4) is 0 Å². The fourth-order valence-electron chi connectivity index (χ4n) is 1.85. The van der Waals surface area contributed by atoms with Crippen LogP contribution < -0.4 is 10.5 Å². The number of primary sulfonamides is 1. The average Bonchev–Trinajstić information content (AvgIpc) is 2.32. The molecule has 3 N–H and O–H groups in total. The number of sulfonamides is 1. The Morgan fingerprint density at radius 3 is 2.56 bits per heavy atom. The maximum atomic E-state index is 13.8. The van der Waals surface area contributed by atoms with Gasteiger partial charge in [0.05, 0.1) is 4.90 Å². The van der Waals surface area contributed by atoms with Crippen LogP contribution in [0.15, 0.2) is 28.0 Å². The Hall–Kier alpha value is -0.630. The van der Waals surface area contributed by atoms with Crippen molar-refractivity contribution < 1.29 is 12.8 Å². The second-order valence-electron chi connectivity index (χ2n) is 4.20. The standard InChI is InChI=1S/C11H15FN2O2S2/c12-10-7-9(18(13,15)16)1-2-11(10)17-8-3-5-14-6-4-8/h1-2,7-8,14H,3-6H2,(H2,13,15,16). The van der Waals surface area contributed by atoms with Gasteiger partial charge in [-0.15, -0.1) is 11.8 Å². The van der Waals surface area contributed by atoms with Crippen LogP contribution in [0, 0.1) is 5.82 Å². The third-order valence-corrected chi connectivity index (χ3v) is 5.11. The quantitative estimate of drug-likeness (QED) is 0.880. The fourth-order valence-corrected chi connectivity index (χ4v) is 3.52. The summed E-state index contributed by atoms with van der Waals surface area (Å²) in [4.78, 5) is 0.295. The lowest BCUT2D eigenvalue weighted by Crippen LogP contribution is -2.29. The van der Waals surface area contributed by atoms with Crippen LogP contribution in [0.3, 0.4) is 0 Å². The number of halogens is 1. The summed E-state index contributed by atoms with van der Waals surface area (Å²) in [5.74, 6) is -0.523. The minimum atomic E-state index is -3.83. The predicted molar refractivity (Wildman–Crippen MR) is 69.5 cm³/mol. The number of benzene rings is 1. The summed E-state index contributed by atoms with van der Waals surface area (Å²) < 4.78 is 35.9. The van der Waals surface area contributed by atoms with Gasteiger partial charge >= 0.3 is 0 Å². The van der Waals surface area contributed by atoms with Crippen LogP contribution in [-0.2, 0) is 10.0 Å². The van der Waals surface area contributed by atoms with Crippen LogP contribution in [0.1, 0.15) is 12.8 Å². The fraction of sp³-hybridized carbons (Fsp3) is 0.455. The lowest BCUT2D eigenvalue weighted by Gasteiger charge is -2.22. The molecule has 0 atom stereocenters. The highest BCUT2D eigenvalue weighted by Crippen LogP contribution is 2.31. The second kappa shape index (κ2) is 5.56. The van der Waals surface area contributed by atoms with Crippen molar-refractivity contribution in [3.05, 3.63) is 24.0 Å². The molecular weight excluding hydrogens is 275 g/mol. The summed E-state index contributed by atoms with van der Waals surface area (Å²) in [7, 11) is -3.83. The minimum absolute atomic E-state index is 0.185. The van der Waals surface area contributed by atoms with Crippen molar-refractivity contribution in [1.82, 2.24) is 5.32 Å². The van der Waals surface area contributed by atoms with Gasteiger partial charge in [-0.2, -0.15) is 0 Å². The monoisotopic (exact) mass is 290 g/mol. The highest BCUT2D eigenvalue weighted by atomic mass is 32.2. The summed E-state index contributed by atoms with van der Waals surface area (Å²) >= 11 is 1.46. The molecule has 1 saturated heterocycles. The number of piperidine rings is 1. The molecule has 1 aromatic rings. The molecule has 0 aromatic heterocycles. The molecule has 0 saturated carbocycles. The molecule has 1 fully saturated rings. The molecule has 18 heavy (non-hydrogen) atoms. The first-order valence-corrected chi connectivity index (χ1v) is 8.09. The van der Waals surface area contributed by atoms with Gasteiger partial charge < -0.3 is 5.32 Å². The maximum absolute atomic E-state index is 13.8. The van der Waals surface area contributed by atoms with Gasteiger partial charge in [0.1, 0.15) is 5.82 Å². The molecular formula is C11H15FN2O2S2. The van der Waals surface area contributed by atoms with Crippen molar-refractivity contribution in [2.24, 2.45) is 5.14 Å². The van der Waals surface area contributed by atoms with Gasteiger partial charge in [-0.1, -0.05) is 0 Å². The maximum Gasteiger partial charge on any atom is 0.238 e. The van der Waals surface area contributed by atoms with Crippen LogP contribution in [0.5, 0.6) is 0 Å². The molecule has 0 aliphatic carbocycles. The highest BCUT2D eigenvalue weighted by Gasteiger charge is 2.17.